The van der Waals surface area contributed by atoms with Crippen LogP contribution in [-0.4, -0.2) is 35.4 Å². The van der Waals surface area contributed by atoms with Gasteiger partial charge < -0.3 is 10.6 Å². The van der Waals surface area contributed by atoms with Crippen molar-refractivity contribution in [3.63, 3.8) is 0 Å². The molecule has 0 radical (unpaired) electrons. The van der Waals surface area contributed by atoms with E-state index >= 15 is 0 Å². The smallest absolute Gasteiger partial charge is 0.191 e. The second-order valence-corrected chi connectivity index (χ2v) is 5.64. The zero-order valence-corrected chi connectivity index (χ0v) is 13.3. The summed E-state index contributed by atoms with van der Waals surface area (Å²) >= 11 is 0. The van der Waals surface area contributed by atoms with Crippen molar-refractivity contribution in [2.45, 2.75) is 52.6 Å². The number of nitrogens with one attached hydrogen (secondary N) is 2. The molecule has 1 heterocycles. The molecule has 0 aromatic carbocycles. The Bertz CT molecular complexity index is 370. The first-order valence-corrected chi connectivity index (χ1v) is 7.56. The molecule has 1 aromatic rings. The number of rotatable bonds is 8. The van der Waals surface area contributed by atoms with E-state index in [1.165, 1.54) is 12.8 Å². The number of aliphatic imine (C=N–C) groups is 1. The Morgan fingerprint density at radius 1 is 1.30 bits per heavy atom. The first-order chi connectivity index (χ1) is 9.61. The predicted octanol–water partition coefficient (Wildman–Crippen LogP) is 2.26. The van der Waals surface area contributed by atoms with Crippen LogP contribution < -0.4 is 10.6 Å². The summed E-state index contributed by atoms with van der Waals surface area (Å²) < 4.78 is 1.95. The average molecular weight is 279 g/mol. The third-order valence-corrected chi connectivity index (χ3v) is 3.20. The zero-order chi connectivity index (χ0) is 14.8. The van der Waals surface area contributed by atoms with Gasteiger partial charge in [-0.15, -0.1) is 0 Å². The van der Waals surface area contributed by atoms with Crippen LogP contribution in [0.2, 0.25) is 0 Å². The molecule has 2 N–H and O–H groups in total. The third kappa shape index (κ3) is 7.16. The molecule has 0 saturated carbocycles. The molecule has 1 rings (SSSR count). The van der Waals surface area contributed by atoms with E-state index in [1.807, 2.05) is 30.2 Å². The number of hydrogen-bond acceptors (Lipinski definition) is 2. The van der Waals surface area contributed by atoms with Crippen molar-refractivity contribution >= 4 is 5.96 Å². The lowest BCUT2D eigenvalue weighted by Gasteiger charge is -2.18. The van der Waals surface area contributed by atoms with Gasteiger partial charge in [-0.1, -0.05) is 13.8 Å². The molecule has 0 bridgehead atoms. The van der Waals surface area contributed by atoms with Crippen LogP contribution in [0.15, 0.2) is 23.5 Å². The highest BCUT2D eigenvalue weighted by molar-refractivity contribution is 5.79. The van der Waals surface area contributed by atoms with Gasteiger partial charge in [0.1, 0.15) is 0 Å². The molecule has 0 amide bonds. The van der Waals surface area contributed by atoms with E-state index < -0.39 is 0 Å². The Hall–Kier alpha value is -1.52. The number of aromatic nitrogens is 2. The molecule has 0 fully saturated rings. The molecule has 0 aliphatic heterocycles. The summed E-state index contributed by atoms with van der Waals surface area (Å²) in [4.78, 5) is 4.26. The van der Waals surface area contributed by atoms with Gasteiger partial charge in [0.15, 0.2) is 5.96 Å². The molecule has 0 spiro atoms. The van der Waals surface area contributed by atoms with Crippen molar-refractivity contribution < 1.29 is 0 Å². The summed E-state index contributed by atoms with van der Waals surface area (Å²) in [6.45, 7) is 8.56. The second kappa shape index (κ2) is 9.39. The highest BCUT2D eigenvalue weighted by Crippen LogP contribution is 2.06. The molecule has 114 valence electrons. The largest absolute Gasteiger partial charge is 0.356 e. The molecule has 5 heteroatoms. The van der Waals surface area contributed by atoms with E-state index in [2.05, 4.69) is 41.5 Å². The van der Waals surface area contributed by atoms with Gasteiger partial charge in [-0.25, -0.2) is 0 Å². The van der Waals surface area contributed by atoms with Crippen LogP contribution in [0.4, 0.5) is 0 Å². The predicted molar refractivity (Wildman–Crippen MR) is 84.9 cm³/mol. The summed E-state index contributed by atoms with van der Waals surface area (Å²) in [5.74, 6) is 1.64. The maximum absolute atomic E-state index is 4.26. The Balaban J connectivity index is 2.16. The molecule has 1 atom stereocenters. The lowest BCUT2D eigenvalue weighted by molar-refractivity contribution is 0.488. The SMILES string of the molecule is CN=C(NCCCn1cccn1)NC(C)CCC(C)C. The van der Waals surface area contributed by atoms with Gasteiger partial charge in [0.25, 0.3) is 0 Å². The van der Waals surface area contributed by atoms with E-state index in [4.69, 9.17) is 0 Å². The fourth-order valence-corrected chi connectivity index (χ4v) is 1.96. The molecule has 0 aliphatic rings. The summed E-state index contributed by atoms with van der Waals surface area (Å²) in [5.41, 5.74) is 0. The fourth-order valence-electron chi connectivity index (χ4n) is 1.96. The summed E-state index contributed by atoms with van der Waals surface area (Å²) in [6.07, 6.45) is 7.24. The molecule has 0 aliphatic carbocycles. The highest BCUT2D eigenvalue weighted by atomic mass is 15.3. The first kappa shape index (κ1) is 16.5. The minimum Gasteiger partial charge on any atom is -0.356 e. The Morgan fingerprint density at radius 2 is 2.10 bits per heavy atom. The second-order valence-electron chi connectivity index (χ2n) is 5.64. The molecular formula is C15H29N5. The standard InChI is InChI=1S/C15H29N5/c1-13(2)7-8-14(3)19-15(16-4)17-9-5-11-20-12-6-10-18-20/h6,10,12-14H,5,7-9,11H2,1-4H3,(H2,16,17,19). The molecule has 1 unspecified atom stereocenters. The topological polar surface area (TPSA) is 54.2 Å². The Labute approximate surface area is 122 Å². The van der Waals surface area contributed by atoms with Crippen LogP contribution in [0.5, 0.6) is 0 Å². The average Bonchev–Trinajstić information content (AvgIpc) is 2.93. The van der Waals surface area contributed by atoms with Gasteiger partial charge in [0.05, 0.1) is 0 Å². The first-order valence-electron chi connectivity index (χ1n) is 7.56. The van der Waals surface area contributed by atoms with Gasteiger partial charge >= 0.3 is 0 Å². The lowest BCUT2D eigenvalue weighted by Crippen LogP contribution is -2.42. The van der Waals surface area contributed by atoms with Crippen LogP contribution in [0.1, 0.15) is 40.0 Å². The van der Waals surface area contributed by atoms with Gasteiger partial charge in [0, 0.05) is 38.6 Å². The van der Waals surface area contributed by atoms with Crippen molar-refractivity contribution in [3.05, 3.63) is 18.5 Å². The van der Waals surface area contributed by atoms with Crippen LogP contribution >= 0.6 is 0 Å². The van der Waals surface area contributed by atoms with E-state index in [0.717, 1.165) is 31.4 Å². The molecule has 5 nitrogen and oxygen atoms in total. The molecule has 1 aromatic heterocycles. The summed E-state index contributed by atoms with van der Waals surface area (Å²) in [7, 11) is 1.82. The summed E-state index contributed by atoms with van der Waals surface area (Å²) in [6, 6.07) is 2.40. The van der Waals surface area contributed by atoms with Crippen molar-refractivity contribution in [2.24, 2.45) is 10.9 Å². The van der Waals surface area contributed by atoms with Crippen LogP contribution in [0, 0.1) is 5.92 Å². The lowest BCUT2D eigenvalue weighted by atomic mass is 10.0. The quantitative estimate of drug-likeness (QED) is 0.436. The molecular weight excluding hydrogens is 250 g/mol. The number of aryl methyl sites for hydroxylation is 1. The zero-order valence-electron chi connectivity index (χ0n) is 13.3. The van der Waals surface area contributed by atoms with E-state index in [0.29, 0.717) is 6.04 Å². The Kier molecular flexibility index (Phi) is 7.77. The fraction of sp³-hybridized carbons (Fsp3) is 0.733. The Morgan fingerprint density at radius 3 is 2.70 bits per heavy atom. The highest BCUT2D eigenvalue weighted by Gasteiger charge is 2.05. The van der Waals surface area contributed by atoms with Crippen molar-refractivity contribution in [2.75, 3.05) is 13.6 Å². The third-order valence-electron chi connectivity index (χ3n) is 3.20. The minimum atomic E-state index is 0.453. The normalized spacial score (nSPS) is 13.6. The maximum Gasteiger partial charge on any atom is 0.191 e. The monoisotopic (exact) mass is 279 g/mol. The van der Waals surface area contributed by atoms with Gasteiger partial charge in [-0.05, 0) is 38.2 Å². The maximum atomic E-state index is 4.26. The van der Waals surface area contributed by atoms with E-state index in [-0.39, 0.29) is 0 Å². The van der Waals surface area contributed by atoms with Crippen molar-refractivity contribution in [1.82, 2.24) is 20.4 Å². The van der Waals surface area contributed by atoms with E-state index in [1.54, 1.807) is 0 Å². The minimum absolute atomic E-state index is 0.453. The van der Waals surface area contributed by atoms with Crippen molar-refractivity contribution in [3.8, 4) is 0 Å². The van der Waals surface area contributed by atoms with Crippen LogP contribution in [0.3, 0.4) is 0 Å². The van der Waals surface area contributed by atoms with Crippen LogP contribution in [0.25, 0.3) is 0 Å². The number of nitrogens with zero attached hydrogens (tertiary/aromatic N) is 3. The summed E-state index contributed by atoms with van der Waals surface area (Å²) in [5, 5.41) is 11.0. The van der Waals surface area contributed by atoms with Crippen LogP contribution in [-0.2, 0) is 6.54 Å². The van der Waals surface area contributed by atoms with Gasteiger partial charge in [0.2, 0.25) is 0 Å². The van der Waals surface area contributed by atoms with Crippen molar-refractivity contribution in [1.29, 1.82) is 0 Å². The number of guanidine groups is 1. The van der Waals surface area contributed by atoms with E-state index in [9.17, 15) is 0 Å². The molecule has 20 heavy (non-hydrogen) atoms. The van der Waals surface area contributed by atoms with Gasteiger partial charge in [-0.3, -0.25) is 9.67 Å². The van der Waals surface area contributed by atoms with Gasteiger partial charge in [-0.2, -0.15) is 5.10 Å². The number of hydrogen-bond donors (Lipinski definition) is 2. The molecule has 0 saturated heterocycles.